The van der Waals surface area contributed by atoms with E-state index in [4.69, 9.17) is 14.7 Å². The van der Waals surface area contributed by atoms with Gasteiger partial charge in [0.2, 0.25) is 0 Å². The molecule has 0 saturated carbocycles. The Morgan fingerprint density at radius 1 is 0.483 bits per heavy atom. The van der Waals surface area contributed by atoms with E-state index in [1.54, 1.807) is 0 Å². The maximum Gasteiger partial charge on any atom is 0.156 e. The van der Waals surface area contributed by atoms with E-state index in [-0.39, 0.29) is 0 Å². The van der Waals surface area contributed by atoms with Gasteiger partial charge in [-0.15, -0.1) is 0 Å². The molecular weight excluding hydrogens is 715 g/mol. The first-order valence-corrected chi connectivity index (χ1v) is 18.8. The number of aromatic nitrogens is 4. The highest BCUT2D eigenvalue weighted by Crippen LogP contribution is 2.62. The van der Waals surface area contributed by atoms with Gasteiger partial charge in [-0.3, -0.25) is 9.97 Å². The van der Waals surface area contributed by atoms with Crippen molar-refractivity contribution in [2.75, 3.05) is 0 Å². The molecule has 4 aromatic heterocycles. The molecule has 1 atom stereocenters. The summed E-state index contributed by atoms with van der Waals surface area (Å²) in [4.78, 5) is 10.2. The van der Waals surface area contributed by atoms with Gasteiger partial charge in [-0.2, -0.15) is 15.8 Å². The molecule has 1 aliphatic carbocycles. The SMILES string of the molecule is N#Cc1ccc2c(c1)c1ccccc1n2-c1cnc2c(c1)C1(c3ccccc3Oc3c(-n4c5ccc(C#N)cc5c5cc(C#N)ccc54)cccc31)c1cccnc1-2. The molecule has 0 N–H and O–H groups in total. The summed E-state index contributed by atoms with van der Waals surface area (Å²) in [6.07, 6.45) is 3.74. The Morgan fingerprint density at radius 2 is 1.07 bits per heavy atom. The van der Waals surface area contributed by atoms with E-state index in [0.717, 1.165) is 94.4 Å². The Hall–Kier alpha value is -8.51. The molecule has 5 heterocycles. The molecule has 8 nitrogen and oxygen atoms in total. The molecule has 0 amide bonds. The van der Waals surface area contributed by atoms with Crippen molar-refractivity contribution in [1.29, 1.82) is 15.8 Å². The van der Waals surface area contributed by atoms with Crippen LogP contribution < -0.4 is 4.74 Å². The summed E-state index contributed by atoms with van der Waals surface area (Å²) < 4.78 is 11.5. The molecule has 0 bridgehead atoms. The maximum atomic E-state index is 9.88. The molecule has 1 aliphatic heterocycles. The monoisotopic (exact) mass is 739 g/mol. The second-order valence-electron chi connectivity index (χ2n) is 14.7. The van der Waals surface area contributed by atoms with Crippen LogP contribution >= 0.6 is 0 Å². The van der Waals surface area contributed by atoms with Crippen LogP contribution in [-0.2, 0) is 5.41 Å². The van der Waals surface area contributed by atoms with E-state index in [9.17, 15) is 15.8 Å². The quantitative estimate of drug-likeness (QED) is 0.174. The Bertz CT molecular complexity index is 3540. The lowest BCUT2D eigenvalue weighted by molar-refractivity contribution is 0.434. The minimum Gasteiger partial charge on any atom is -0.454 e. The van der Waals surface area contributed by atoms with E-state index >= 15 is 0 Å². The third-order valence-electron chi connectivity index (χ3n) is 11.9. The van der Waals surface area contributed by atoms with E-state index < -0.39 is 5.41 Å². The molecule has 1 spiro atoms. The van der Waals surface area contributed by atoms with Crippen LogP contribution in [0.4, 0.5) is 0 Å². The molecule has 1 unspecified atom stereocenters. The second-order valence-corrected chi connectivity index (χ2v) is 14.7. The highest BCUT2D eigenvalue weighted by atomic mass is 16.5. The molecule has 58 heavy (non-hydrogen) atoms. The van der Waals surface area contributed by atoms with Gasteiger partial charge in [-0.05, 0) is 90.5 Å². The number of nitrogens with zero attached hydrogens (tertiary/aromatic N) is 7. The molecule has 2 aliphatic rings. The maximum absolute atomic E-state index is 9.88. The molecule has 266 valence electrons. The third-order valence-corrected chi connectivity index (χ3v) is 11.9. The van der Waals surface area contributed by atoms with E-state index in [1.807, 2.05) is 97.3 Å². The Labute approximate surface area is 330 Å². The van der Waals surface area contributed by atoms with Crippen LogP contribution in [0.3, 0.4) is 0 Å². The predicted octanol–water partition coefficient (Wildman–Crippen LogP) is 10.8. The first-order chi connectivity index (χ1) is 28.6. The minimum atomic E-state index is -0.879. The fraction of sp³-hybridized carbons (Fsp3) is 0.0200. The molecule has 0 radical (unpaired) electrons. The fourth-order valence-corrected chi connectivity index (χ4v) is 9.64. The number of rotatable bonds is 2. The minimum absolute atomic E-state index is 0.539. The van der Waals surface area contributed by atoms with Crippen molar-refractivity contribution in [3.63, 3.8) is 0 Å². The van der Waals surface area contributed by atoms with Crippen molar-refractivity contribution in [3.05, 3.63) is 191 Å². The first kappa shape index (κ1) is 31.8. The van der Waals surface area contributed by atoms with Gasteiger partial charge in [-0.25, -0.2) is 0 Å². The predicted molar refractivity (Wildman–Crippen MR) is 222 cm³/mol. The van der Waals surface area contributed by atoms with Crippen LogP contribution in [-0.4, -0.2) is 19.1 Å². The smallest absolute Gasteiger partial charge is 0.156 e. The van der Waals surface area contributed by atoms with Gasteiger partial charge in [-0.1, -0.05) is 54.6 Å². The van der Waals surface area contributed by atoms with Crippen LogP contribution in [0.1, 0.15) is 38.9 Å². The lowest BCUT2D eigenvalue weighted by atomic mass is 9.66. The molecule has 8 heteroatoms. The van der Waals surface area contributed by atoms with Gasteiger partial charge in [0.05, 0.1) is 91.3 Å². The van der Waals surface area contributed by atoms with Crippen LogP contribution in [0, 0.1) is 34.0 Å². The first-order valence-electron chi connectivity index (χ1n) is 18.8. The Kier molecular flexibility index (Phi) is 6.31. The average molecular weight is 740 g/mol. The van der Waals surface area contributed by atoms with Crippen LogP contribution in [0.15, 0.2) is 152 Å². The van der Waals surface area contributed by atoms with E-state index in [0.29, 0.717) is 22.4 Å². The summed E-state index contributed by atoms with van der Waals surface area (Å²) in [5, 5.41) is 33.3. The number of pyridine rings is 2. The fourth-order valence-electron chi connectivity index (χ4n) is 9.64. The van der Waals surface area contributed by atoms with Crippen molar-refractivity contribution >= 4 is 43.6 Å². The lowest BCUT2D eigenvalue weighted by Gasteiger charge is -2.39. The Morgan fingerprint density at radius 3 is 1.79 bits per heavy atom. The number of hydrogen-bond acceptors (Lipinski definition) is 6. The number of nitriles is 3. The van der Waals surface area contributed by atoms with Gasteiger partial charge in [0.25, 0.3) is 0 Å². The molecule has 0 saturated heterocycles. The zero-order valence-corrected chi connectivity index (χ0v) is 30.5. The van der Waals surface area contributed by atoms with E-state index in [2.05, 4.69) is 81.9 Å². The summed E-state index contributed by atoms with van der Waals surface area (Å²) in [5.74, 6) is 1.40. The molecule has 0 fully saturated rings. The van der Waals surface area contributed by atoms with Gasteiger partial charge in [0.1, 0.15) is 5.75 Å². The standard InChI is InChI=1S/C50H25N7O/c51-25-29-14-17-42-34(21-29)33-7-1-3-11-41(33)56(42)32-24-40-48(55-28-32)47-38(10-6-20-54-47)50(40)37-8-2-4-13-46(37)58-49-39(50)9-5-12-45(49)57-43-18-15-30(26-52)22-35(43)36-23-31(27-53)16-19-44(36)57/h1-24,28H. The summed E-state index contributed by atoms with van der Waals surface area (Å²) >= 11 is 0. The molecular formula is C50H25N7O. The van der Waals surface area contributed by atoms with Crippen LogP contribution in [0.2, 0.25) is 0 Å². The largest absolute Gasteiger partial charge is 0.454 e. The van der Waals surface area contributed by atoms with E-state index in [1.165, 1.54) is 0 Å². The van der Waals surface area contributed by atoms with Crippen molar-refractivity contribution in [3.8, 4) is 52.5 Å². The van der Waals surface area contributed by atoms with Crippen LogP contribution in [0.5, 0.6) is 11.5 Å². The molecule has 6 aromatic carbocycles. The summed E-state index contributed by atoms with van der Waals surface area (Å²) in [6, 6.07) is 53.3. The number of para-hydroxylation sites is 3. The highest BCUT2D eigenvalue weighted by Gasteiger charge is 2.53. The lowest BCUT2D eigenvalue weighted by Crippen LogP contribution is -2.32. The zero-order valence-electron chi connectivity index (χ0n) is 30.5. The zero-order chi connectivity index (χ0) is 38.7. The summed E-state index contributed by atoms with van der Waals surface area (Å²) in [5.41, 5.74) is 11.8. The van der Waals surface area contributed by atoms with Gasteiger partial charge in [0.15, 0.2) is 5.75 Å². The number of fused-ring (bicyclic) bond motifs is 15. The van der Waals surface area contributed by atoms with Crippen molar-refractivity contribution in [2.24, 2.45) is 0 Å². The van der Waals surface area contributed by atoms with Gasteiger partial charge >= 0.3 is 0 Å². The van der Waals surface area contributed by atoms with Crippen molar-refractivity contribution < 1.29 is 4.74 Å². The Balaban J connectivity index is 1.19. The molecule has 10 aromatic rings. The summed E-state index contributed by atoms with van der Waals surface area (Å²) in [6.45, 7) is 0. The van der Waals surface area contributed by atoms with Gasteiger partial charge in [0, 0.05) is 44.4 Å². The second kappa shape index (κ2) is 11.5. The normalized spacial score (nSPS) is 14.7. The molecule has 12 rings (SSSR count). The number of benzene rings is 6. The number of hydrogen-bond donors (Lipinski definition) is 0. The van der Waals surface area contributed by atoms with Crippen molar-refractivity contribution in [2.45, 2.75) is 5.41 Å². The van der Waals surface area contributed by atoms with Crippen molar-refractivity contribution in [1.82, 2.24) is 19.1 Å². The summed E-state index contributed by atoms with van der Waals surface area (Å²) in [7, 11) is 0. The third kappa shape index (κ3) is 3.98. The number of ether oxygens (including phenoxy) is 1. The van der Waals surface area contributed by atoms with Crippen LogP contribution in [0.25, 0.3) is 66.4 Å². The van der Waals surface area contributed by atoms with Gasteiger partial charge < -0.3 is 13.9 Å². The average Bonchev–Trinajstić information content (AvgIpc) is 3.89. The highest BCUT2D eigenvalue weighted by molar-refractivity contribution is 6.11. The topological polar surface area (TPSA) is 116 Å².